The molecule has 13 heavy (non-hydrogen) atoms. The Hall–Kier alpha value is -2.11. The molecule has 0 bridgehead atoms. The van der Waals surface area contributed by atoms with Crippen LogP contribution in [0.1, 0.15) is 5.69 Å². The monoisotopic (exact) mass is 177 g/mol. The summed E-state index contributed by atoms with van der Waals surface area (Å²) in [5.74, 6) is -0.0227. The van der Waals surface area contributed by atoms with Crippen molar-refractivity contribution in [2.24, 2.45) is 10.9 Å². The number of oxime groups is 1. The fraction of sp³-hybridized carbons (Fsp3) is 0. The standard InChI is InChI=1S/C7H7N5O/c8-7(11-13)5-4-6-9-2-1-3-12(6)10-5/h1-4,13H,(H2,8,11). The Morgan fingerprint density at radius 2 is 2.46 bits per heavy atom. The maximum Gasteiger partial charge on any atom is 0.190 e. The molecular weight excluding hydrogens is 170 g/mol. The average molecular weight is 177 g/mol. The number of rotatable bonds is 1. The normalized spacial score (nSPS) is 12.2. The van der Waals surface area contributed by atoms with E-state index in [1.165, 1.54) is 0 Å². The van der Waals surface area contributed by atoms with E-state index in [-0.39, 0.29) is 5.84 Å². The lowest BCUT2D eigenvalue weighted by Gasteiger charge is -1.88. The summed E-state index contributed by atoms with van der Waals surface area (Å²) in [7, 11) is 0. The van der Waals surface area contributed by atoms with Crippen LogP contribution in [0.2, 0.25) is 0 Å². The van der Waals surface area contributed by atoms with Gasteiger partial charge in [-0.15, -0.1) is 0 Å². The molecule has 0 aliphatic heterocycles. The van der Waals surface area contributed by atoms with Gasteiger partial charge in [0, 0.05) is 18.5 Å². The number of aromatic nitrogens is 3. The minimum Gasteiger partial charge on any atom is -0.409 e. The van der Waals surface area contributed by atoms with Crippen molar-refractivity contribution in [1.82, 2.24) is 14.6 Å². The number of fused-ring (bicyclic) bond motifs is 1. The summed E-state index contributed by atoms with van der Waals surface area (Å²) in [6.07, 6.45) is 3.38. The van der Waals surface area contributed by atoms with Crippen LogP contribution in [0.25, 0.3) is 5.65 Å². The lowest BCUT2D eigenvalue weighted by atomic mass is 10.4. The van der Waals surface area contributed by atoms with Crippen molar-refractivity contribution in [1.29, 1.82) is 0 Å². The predicted molar refractivity (Wildman–Crippen MR) is 45.5 cm³/mol. The molecule has 3 N–H and O–H groups in total. The topological polar surface area (TPSA) is 88.8 Å². The van der Waals surface area contributed by atoms with Gasteiger partial charge in [0.1, 0.15) is 5.69 Å². The van der Waals surface area contributed by atoms with Gasteiger partial charge in [-0.25, -0.2) is 9.50 Å². The average Bonchev–Trinajstić information content (AvgIpc) is 2.59. The van der Waals surface area contributed by atoms with Crippen LogP contribution in [0.3, 0.4) is 0 Å². The molecule has 0 amide bonds. The predicted octanol–water partition coefficient (Wildman–Crippen LogP) is -0.176. The Labute approximate surface area is 73.3 Å². The number of amidine groups is 1. The molecule has 0 radical (unpaired) electrons. The summed E-state index contributed by atoms with van der Waals surface area (Å²) in [5, 5.41) is 15.3. The molecule has 0 aromatic carbocycles. The zero-order valence-corrected chi connectivity index (χ0v) is 6.62. The summed E-state index contributed by atoms with van der Waals surface area (Å²) >= 11 is 0. The molecule has 0 aliphatic carbocycles. The largest absolute Gasteiger partial charge is 0.409 e. The smallest absolute Gasteiger partial charge is 0.190 e. The third-order valence-electron chi connectivity index (χ3n) is 1.61. The van der Waals surface area contributed by atoms with Gasteiger partial charge in [-0.05, 0) is 6.07 Å². The molecule has 0 saturated heterocycles. The van der Waals surface area contributed by atoms with Crippen molar-refractivity contribution in [3.63, 3.8) is 0 Å². The second kappa shape index (κ2) is 2.74. The number of nitrogens with two attached hydrogens (primary N) is 1. The lowest BCUT2D eigenvalue weighted by Crippen LogP contribution is -2.13. The van der Waals surface area contributed by atoms with Crippen molar-refractivity contribution in [2.75, 3.05) is 0 Å². The Bertz CT molecular complexity index is 428. The zero-order chi connectivity index (χ0) is 9.26. The van der Waals surface area contributed by atoms with Gasteiger partial charge >= 0.3 is 0 Å². The maximum absolute atomic E-state index is 8.41. The summed E-state index contributed by atoms with van der Waals surface area (Å²) in [4.78, 5) is 4.03. The number of hydrogen-bond donors (Lipinski definition) is 2. The molecule has 0 aliphatic rings. The fourth-order valence-corrected chi connectivity index (χ4v) is 1.01. The zero-order valence-electron chi connectivity index (χ0n) is 6.62. The Morgan fingerprint density at radius 1 is 1.62 bits per heavy atom. The van der Waals surface area contributed by atoms with E-state index in [9.17, 15) is 0 Å². The van der Waals surface area contributed by atoms with Gasteiger partial charge in [-0.2, -0.15) is 5.10 Å². The highest BCUT2D eigenvalue weighted by molar-refractivity contribution is 5.96. The molecule has 2 aromatic rings. The summed E-state index contributed by atoms with van der Waals surface area (Å²) in [5.41, 5.74) is 6.41. The van der Waals surface area contributed by atoms with Gasteiger partial charge in [0.15, 0.2) is 11.5 Å². The quantitative estimate of drug-likeness (QED) is 0.274. The molecule has 0 spiro atoms. The third kappa shape index (κ3) is 1.18. The van der Waals surface area contributed by atoms with E-state index < -0.39 is 0 Å². The molecule has 0 saturated carbocycles. The van der Waals surface area contributed by atoms with Crippen LogP contribution in [-0.4, -0.2) is 25.6 Å². The van der Waals surface area contributed by atoms with Crippen LogP contribution >= 0.6 is 0 Å². The van der Waals surface area contributed by atoms with E-state index >= 15 is 0 Å². The first-order valence-electron chi connectivity index (χ1n) is 3.59. The van der Waals surface area contributed by atoms with Gasteiger partial charge < -0.3 is 10.9 Å². The first-order valence-corrected chi connectivity index (χ1v) is 3.59. The Balaban J connectivity index is 2.62. The molecule has 0 unspecified atom stereocenters. The molecule has 2 rings (SSSR count). The number of nitrogens with zero attached hydrogens (tertiary/aromatic N) is 4. The molecule has 6 nitrogen and oxygen atoms in total. The Kier molecular flexibility index (Phi) is 1.59. The summed E-state index contributed by atoms with van der Waals surface area (Å²) in [6, 6.07) is 3.38. The molecule has 0 fully saturated rings. The number of hydrogen-bond acceptors (Lipinski definition) is 4. The highest BCUT2D eigenvalue weighted by Gasteiger charge is 2.05. The summed E-state index contributed by atoms with van der Waals surface area (Å²) in [6.45, 7) is 0. The van der Waals surface area contributed by atoms with Crippen molar-refractivity contribution in [2.45, 2.75) is 0 Å². The van der Waals surface area contributed by atoms with Crippen LogP contribution < -0.4 is 5.73 Å². The van der Waals surface area contributed by atoms with Crippen LogP contribution in [-0.2, 0) is 0 Å². The Morgan fingerprint density at radius 3 is 3.15 bits per heavy atom. The van der Waals surface area contributed by atoms with Crippen molar-refractivity contribution in [3.8, 4) is 0 Å². The molecule has 6 heteroatoms. The minimum absolute atomic E-state index is 0.0227. The van der Waals surface area contributed by atoms with E-state index in [2.05, 4.69) is 15.2 Å². The van der Waals surface area contributed by atoms with Gasteiger partial charge in [0.05, 0.1) is 0 Å². The first kappa shape index (κ1) is 7.53. The van der Waals surface area contributed by atoms with Crippen molar-refractivity contribution in [3.05, 3.63) is 30.2 Å². The van der Waals surface area contributed by atoms with E-state index in [0.717, 1.165) is 0 Å². The lowest BCUT2D eigenvalue weighted by molar-refractivity contribution is 0.318. The van der Waals surface area contributed by atoms with Gasteiger partial charge in [0.2, 0.25) is 0 Å². The fourth-order valence-electron chi connectivity index (χ4n) is 1.01. The van der Waals surface area contributed by atoms with Crippen molar-refractivity contribution < 1.29 is 5.21 Å². The molecule has 66 valence electrons. The highest BCUT2D eigenvalue weighted by Crippen LogP contribution is 2.01. The molecule has 0 atom stereocenters. The van der Waals surface area contributed by atoms with E-state index in [4.69, 9.17) is 10.9 Å². The van der Waals surface area contributed by atoms with Crippen molar-refractivity contribution >= 4 is 11.5 Å². The van der Waals surface area contributed by atoms with Gasteiger partial charge in [-0.1, -0.05) is 5.16 Å². The molecule has 2 heterocycles. The maximum atomic E-state index is 8.41. The van der Waals surface area contributed by atoms with Gasteiger partial charge in [0.25, 0.3) is 0 Å². The van der Waals surface area contributed by atoms with Crippen LogP contribution in [0.15, 0.2) is 29.7 Å². The first-order chi connectivity index (χ1) is 6.31. The summed E-state index contributed by atoms with van der Waals surface area (Å²) < 4.78 is 1.55. The second-order valence-electron chi connectivity index (χ2n) is 2.44. The van der Waals surface area contributed by atoms with Crippen LogP contribution in [0.5, 0.6) is 0 Å². The second-order valence-corrected chi connectivity index (χ2v) is 2.44. The van der Waals surface area contributed by atoms with Crippen LogP contribution in [0.4, 0.5) is 0 Å². The van der Waals surface area contributed by atoms with E-state index in [1.54, 1.807) is 29.0 Å². The minimum atomic E-state index is -0.0227. The SMILES string of the molecule is N/C(=N/O)c1cc2ncccn2n1. The molecule has 2 aromatic heterocycles. The van der Waals surface area contributed by atoms with Crippen LogP contribution in [0, 0.1) is 0 Å². The highest BCUT2D eigenvalue weighted by atomic mass is 16.4. The molecular formula is C7H7N5O. The van der Waals surface area contributed by atoms with Gasteiger partial charge in [-0.3, -0.25) is 0 Å². The van der Waals surface area contributed by atoms with E-state index in [1.807, 2.05) is 0 Å². The third-order valence-corrected chi connectivity index (χ3v) is 1.61. The van der Waals surface area contributed by atoms with E-state index in [0.29, 0.717) is 11.3 Å².